The fourth-order valence-electron chi connectivity index (χ4n) is 6.11. The number of hydrogen-bond donors (Lipinski definition) is 2. The number of H-pyrrole nitrogens is 1. The van der Waals surface area contributed by atoms with Gasteiger partial charge in [0.2, 0.25) is 0 Å². The molecule has 24 heavy (non-hydrogen) atoms. The van der Waals surface area contributed by atoms with Gasteiger partial charge in [-0.05, 0) is 73.8 Å². The lowest BCUT2D eigenvalue weighted by molar-refractivity contribution is -0.0202. The number of fused-ring (bicyclic) bond motifs is 1. The molecular formula is C21H29N3. The summed E-state index contributed by atoms with van der Waals surface area (Å²) in [6.45, 7) is 4.64. The van der Waals surface area contributed by atoms with Crippen LogP contribution in [0.4, 0.5) is 0 Å². The molecule has 6 rings (SSSR count). The maximum atomic E-state index is 4.90. The molecule has 4 aliphatic carbocycles. The molecule has 0 saturated heterocycles. The van der Waals surface area contributed by atoms with Crippen molar-refractivity contribution in [2.75, 3.05) is 0 Å². The van der Waals surface area contributed by atoms with E-state index in [-0.39, 0.29) is 0 Å². The van der Waals surface area contributed by atoms with E-state index in [1.165, 1.54) is 32.1 Å². The number of hydrogen-bond acceptors (Lipinski definition) is 2. The lowest BCUT2D eigenvalue weighted by atomic mass is 9.54. The first-order valence-electron chi connectivity index (χ1n) is 9.88. The summed E-state index contributed by atoms with van der Waals surface area (Å²) in [5, 5.41) is 4.08. The maximum absolute atomic E-state index is 4.90. The van der Waals surface area contributed by atoms with Crippen LogP contribution >= 0.6 is 0 Å². The van der Waals surface area contributed by atoms with Gasteiger partial charge in [-0.25, -0.2) is 4.98 Å². The van der Waals surface area contributed by atoms with E-state index in [1.807, 2.05) is 0 Å². The lowest BCUT2D eigenvalue weighted by Crippen LogP contribution is -2.55. The fraction of sp³-hybridized carbons (Fsp3) is 0.667. The Hall–Kier alpha value is -1.35. The Morgan fingerprint density at radius 3 is 2.29 bits per heavy atom. The van der Waals surface area contributed by atoms with Gasteiger partial charge in [-0.2, -0.15) is 0 Å². The molecule has 1 atom stereocenters. The Kier molecular flexibility index (Phi) is 3.48. The van der Waals surface area contributed by atoms with Crippen LogP contribution in [0.2, 0.25) is 0 Å². The summed E-state index contributed by atoms with van der Waals surface area (Å²) >= 11 is 0. The van der Waals surface area contributed by atoms with E-state index in [1.54, 1.807) is 0 Å². The second-order valence-corrected chi connectivity index (χ2v) is 8.98. The molecular weight excluding hydrogens is 294 g/mol. The standard InChI is InChI=1S/C21H29N3/c1-12(2)19(21-22-17-5-3-4-6-18(17)23-21)24-20-15-8-13-7-14(10-15)11-16(20)9-13/h3-6,12-16,19-20,24H,7-11H2,1-2H3,(H,22,23)/t13?,14?,15?,16?,19-,20?/m0/s1. The first kappa shape index (κ1) is 14.9. The number of nitrogens with zero attached hydrogens (tertiary/aromatic N) is 1. The van der Waals surface area contributed by atoms with Gasteiger partial charge in [-0.15, -0.1) is 0 Å². The summed E-state index contributed by atoms with van der Waals surface area (Å²) in [6.07, 6.45) is 7.40. The molecule has 1 aromatic carbocycles. The van der Waals surface area contributed by atoms with Crippen LogP contribution in [0.5, 0.6) is 0 Å². The van der Waals surface area contributed by atoms with Crippen LogP contribution in [-0.2, 0) is 0 Å². The summed E-state index contributed by atoms with van der Waals surface area (Å²) in [7, 11) is 0. The molecule has 3 heteroatoms. The van der Waals surface area contributed by atoms with Gasteiger partial charge in [-0.3, -0.25) is 0 Å². The zero-order valence-corrected chi connectivity index (χ0v) is 14.8. The summed E-state index contributed by atoms with van der Waals surface area (Å²) < 4.78 is 0. The van der Waals surface area contributed by atoms with Crippen LogP contribution in [0, 0.1) is 29.6 Å². The van der Waals surface area contributed by atoms with Gasteiger partial charge in [0.25, 0.3) is 0 Å². The van der Waals surface area contributed by atoms with Gasteiger partial charge >= 0.3 is 0 Å². The lowest BCUT2D eigenvalue weighted by Gasteiger charge is -2.55. The van der Waals surface area contributed by atoms with E-state index in [2.05, 4.69) is 48.4 Å². The minimum atomic E-state index is 0.333. The summed E-state index contributed by atoms with van der Waals surface area (Å²) in [4.78, 5) is 8.48. The molecule has 4 saturated carbocycles. The van der Waals surface area contributed by atoms with Gasteiger partial charge in [0.15, 0.2) is 0 Å². The number of nitrogens with one attached hydrogen (secondary N) is 2. The third-order valence-corrected chi connectivity index (χ3v) is 6.97. The summed E-state index contributed by atoms with van der Waals surface area (Å²) in [5.41, 5.74) is 2.25. The van der Waals surface area contributed by atoms with Gasteiger partial charge < -0.3 is 10.3 Å². The van der Waals surface area contributed by atoms with Crippen LogP contribution in [0.25, 0.3) is 11.0 Å². The predicted molar refractivity (Wildman–Crippen MR) is 97.6 cm³/mol. The molecule has 0 spiro atoms. The number of benzene rings is 1. The van der Waals surface area contributed by atoms with Crippen LogP contribution in [0.1, 0.15) is 57.8 Å². The quantitative estimate of drug-likeness (QED) is 0.858. The van der Waals surface area contributed by atoms with E-state index < -0.39 is 0 Å². The SMILES string of the molecule is CC(C)[C@H](NC1C2CC3CC(C2)CC1C3)c1nc2ccccc2[nH]1. The average molecular weight is 323 g/mol. The Balaban J connectivity index is 1.42. The van der Waals surface area contributed by atoms with Crippen molar-refractivity contribution in [3.05, 3.63) is 30.1 Å². The number of rotatable bonds is 4. The van der Waals surface area contributed by atoms with E-state index in [0.717, 1.165) is 40.5 Å². The highest BCUT2D eigenvalue weighted by molar-refractivity contribution is 5.74. The Morgan fingerprint density at radius 1 is 1.00 bits per heavy atom. The topological polar surface area (TPSA) is 40.7 Å². The van der Waals surface area contributed by atoms with Crippen molar-refractivity contribution in [3.8, 4) is 0 Å². The molecule has 4 bridgehead atoms. The molecule has 128 valence electrons. The normalized spacial score (nSPS) is 35.9. The zero-order valence-electron chi connectivity index (χ0n) is 14.8. The predicted octanol–water partition coefficient (Wildman–Crippen LogP) is 4.67. The summed E-state index contributed by atoms with van der Waals surface area (Å²) in [6, 6.07) is 9.43. The van der Waals surface area contributed by atoms with Gasteiger partial charge in [0.1, 0.15) is 5.82 Å². The monoisotopic (exact) mass is 323 g/mol. The van der Waals surface area contributed by atoms with Gasteiger partial charge in [-0.1, -0.05) is 26.0 Å². The Bertz CT molecular complexity index is 671. The molecule has 0 unspecified atom stereocenters. The van der Waals surface area contributed by atoms with Gasteiger partial charge in [0, 0.05) is 6.04 Å². The molecule has 1 aromatic heterocycles. The molecule has 2 aromatic rings. The van der Waals surface area contributed by atoms with Crippen molar-refractivity contribution in [1.29, 1.82) is 0 Å². The molecule has 4 aliphatic rings. The van der Waals surface area contributed by atoms with Crippen molar-refractivity contribution < 1.29 is 0 Å². The maximum Gasteiger partial charge on any atom is 0.124 e. The highest BCUT2D eigenvalue weighted by Gasteiger charge is 2.48. The Labute approximate surface area is 144 Å². The first-order valence-corrected chi connectivity index (χ1v) is 9.88. The Morgan fingerprint density at radius 2 is 1.67 bits per heavy atom. The minimum Gasteiger partial charge on any atom is -0.341 e. The smallest absolute Gasteiger partial charge is 0.124 e. The molecule has 1 heterocycles. The second-order valence-electron chi connectivity index (χ2n) is 8.98. The number of aromatic nitrogens is 2. The molecule has 4 fully saturated rings. The third-order valence-electron chi connectivity index (χ3n) is 6.97. The summed E-state index contributed by atoms with van der Waals surface area (Å²) in [5.74, 6) is 5.56. The van der Waals surface area contributed by atoms with Crippen LogP contribution in [-0.4, -0.2) is 16.0 Å². The first-order chi connectivity index (χ1) is 11.7. The van der Waals surface area contributed by atoms with Crippen LogP contribution < -0.4 is 5.32 Å². The number of imidazole rings is 1. The third kappa shape index (κ3) is 2.40. The highest BCUT2D eigenvalue weighted by Crippen LogP contribution is 2.54. The van der Waals surface area contributed by atoms with Crippen molar-refractivity contribution >= 4 is 11.0 Å². The van der Waals surface area contributed by atoms with E-state index in [9.17, 15) is 0 Å². The molecule has 0 amide bonds. The van der Waals surface area contributed by atoms with Crippen LogP contribution in [0.15, 0.2) is 24.3 Å². The molecule has 0 aliphatic heterocycles. The minimum absolute atomic E-state index is 0.333. The zero-order chi connectivity index (χ0) is 16.3. The highest BCUT2D eigenvalue weighted by atomic mass is 15.1. The van der Waals surface area contributed by atoms with Crippen molar-refractivity contribution in [2.24, 2.45) is 29.6 Å². The average Bonchev–Trinajstić information content (AvgIpc) is 2.96. The van der Waals surface area contributed by atoms with Crippen LogP contribution in [0.3, 0.4) is 0 Å². The van der Waals surface area contributed by atoms with Gasteiger partial charge in [0.05, 0.1) is 17.1 Å². The fourth-order valence-corrected chi connectivity index (χ4v) is 6.11. The van der Waals surface area contributed by atoms with Crippen molar-refractivity contribution in [1.82, 2.24) is 15.3 Å². The molecule has 2 N–H and O–H groups in total. The largest absolute Gasteiger partial charge is 0.341 e. The van der Waals surface area contributed by atoms with Crippen molar-refractivity contribution in [3.63, 3.8) is 0 Å². The molecule has 0 radical (unpaired) electrons. The molecule has 3 nitrogen and oxygen atoms in total. The van der Waals surface area contributed by atoms with E-state index in [4.69, 9.17) is 4.98 Å². The van der Waals surface area contributed by atoms with Crippen molar-refractivity contribution in [2.45, 2.75) is 58.0 Å². The van der Waals surface area contributed by atoms with E-state index in [0.29, 0.717) is 18.0 Å². The van der Waals surface area contributed by atoms with E-state index >= 15 is 0 Å². The number of aromatic amines is 1. The number of para-hydroxylation sites is 2. The second kappa shape index (κ2) is 5.59.